The van der Waals surface area contributed by atoms with E-state index >= 15 is 0 Å². The molecule has 14 heavy (non-hydrogen) atoms. The van der Waals surface area contributed by atoms with Crippen LogP contribution >= 0.6 is 0 Å². The minimum absolute atomic E-state index is 0.166. The van der Waals surface area contributed by atoms with Crippen LogP contribution in [0.3, 0.4) is 0 Å². The van der Waals surface area contributed by atoms with Crippen molar-refractivity contribution in [3.05, 3.63) is 24.2 Å². The Morgan fingerprint density at radius 2 is 2.50 bits per heavy atom. The van der Waals surface area contributed by atoms with E-state index in [1.165, 1.54) is 0 Å². The molecule has 2 heterocycles. The van der Waals surface area contributed by atoms with Crippen molar-refractivity contribution in [2.24, 2.45) is 0 Å². The lowest BCUT2D eigenvalue weighted by Crippen LogP contribution is -2.39. The van der Waals surface area contributed by atoms with Crippen molar-refractivity contribution in [2.45, 2.75) is 31.9 Å². The van der Waals surface area contributed by atoms with Gasteiger partial charge in [0.1, 0.15) is 5.76 Å². The maximum Gasteiger partial charge on any atom is 0.120 e. The fraction of sp³-hybridized carbons (Fsp3) is 0.636. The SMILES string of the molecule is CC(c1ccco1)N1CCC[C@@H](O)C1. The fourth-order valence-corrected chi connectivity index (χ4v) is 2.04. The summed E-state index contributed by atoms with van der Waals surface area (Å²) in [6.45, 7) is 3.94. The van der Waals surface area contributed by atoms with Gasteiger partial charge in [-0.15, -0.1) is 0 Å². The molecular formula is C11H17NO2. The van der Waals surface area contributed by atoms with Gasteiger partial charge >= 0.3 is 0 Å². The standard InChI is InChI=1S/C11H17NO2/c1-9(11-5-3-7-14-11)12-6-2-4-10(13)8-12/h3,5,7,9-10,13H,2,4,6,8H2,1H3/t9?,10-/m1/s1. The molecule has 1 aromatic heterocycles. The van der Waals surface area contributed by atoms with Crippen LogP contribution in [0.15, 0.2) is 22.8 Å². The zero-order chi connectivity index (χ0) is 9.97. The van der Waals surface area contributed by atoms with E-state index in [4.69, 9.17) is 4.42 Å². The summed E-state index contributed by atoms with van der Waals surface area (Å²) in [6.07, 6.45) is 3.54. The number of furan rings is 1. The van der Waals surface area contributed by atoms with E-state index in [0.717, 1.165) is 31.7 Å². The van der Waals surface area contributed by atoms with Crippen LogP contribution in [-0.2, 0) is 0 Å². The molecule has 1 aliphatic rings. The summed E-state index contributed by atoms with van der Waals surface area (Å²) >= 11 is 0. The first-order chi connectivity index (χ1) is 6.77. The highest BCUT2D eigenvalue weighted by molar-refractivity contribution is 5.04. The first-order valence-electron chi connectivity index (χ1n) is 5.23. The molecule has 1 N–H and O–H groups in total. The molecule has 2 atom stereocenters. The third-order valence-electron chi connectivity index (χ3n) is 2.93. The van der Waals surface area contributed by atoms with Gasteiger partial charge in [-0.1, -0.05) is 0 Å². The molecule has 1 unspecified atom stereocenters. The quantitative estimate of drug-likeness (QED) is 0.781. The van der Waals surface area contributed by atoms with Crippen molar-refractivity contribution in [1.82, 2.24) is 4.90 Å². The lowest BCUT2D eigenvalue weighted by atomic mass is 10.1. The second kappa shape index (κ2) is 4.15. The molecule has 1 fully saturated rings. The van der Waals surface area contributed by atoms with Crippen LogP contribution in [-0.4, -0.2) is 29.2 Å². The summed E-state index contributed by atoms with van der Waals surface area (Å²) in [5.41, 5.74) is 0. The van der Waals surface area contributed by atoms with Crippen molar-refractivity contribution in [3.8, 4) is 0 Å². The van der Waals surface area contributed by atoms with Crippen molar-refractivity contribution in [3.63, 3.8) is 0 Å². The van der Waals surface area contributed by atoms with E-state index in [-0.39, 0.29) is 12.1 Å². The maximum atomic E-state index is 9.55. The van der Waals surface area contributed by atoms with Crippen molar-refractivity contribution in [2.75, 3.05) is 13.1 Å². The topological polar surface area (TPSA) is 36.6 Å². The molecular weight excluding hydrogens is 178 g/mol. The van der Waals surface area contributed by atoms with Gasteiger partial charge in [0.25, 0.3) is 0 Å². The maximum absolute atomic E-state index is 9.55. The van der Waals surface area contributed by atoms with E-state index in [1.54, 1.807) is 6.26 Å². The summed E-state index contributed by atoms with van der Waals surface area (Å²) in [5.74, 6) is 0.985. The molecule has 0 radical (unpaired) electrons. The molecule has 1 aromatic rings. The Morgan fingerprint density at radius 3 is 3.14 bits per heavy atom. The lowest BCUT2D eigenvalue weighted by Gasteiger charge is -2.33. The van der Waals surface area contributed by atoms with Crippen LogP contribution in [0.5, 0.6) is 0 Å². The largest absolute Gasteiger partial charge is 0.468 e. The molecule has 0 bridgehead atoms. The van der Waals surface area contributed by atoms with E-state index in [9.17, 15) is 5.11 Å². The van der Waals surface area contributed by atoms with Gasteiger partial charge in [0.15, 0.2) is 0 Å². The summed E-state index contributed by atoms with van der Waals surface area (Å²) in [4.78, 5) is 2.27. The Morgan fingerprint density at radius 1 is 1.64 bits per heavy atom. The minimum atomic E-state index is -0.166. The van der Waals surface area contributed by atoms with E-state index in [0.29, 0.717) is 0 Å². The normalized spacial score (nSPS) is 26.3. The minimum Gasteiger partial charge on any atom is -0.468 e. The number of hydrogen-bond acceptors (Lipinski definition) is 3. The lowest BCUT2D eigenvalue weighted by molar-refractivity contribution is 0.0452. The highest BCUT2D eigenvalue weighted by atomic mass is 16.3. The zero-order valence-electron chi connectivity index (χ0n) is 8.52. The van der Waals surface area contributed by atoms with Gasteiger partial charge in [0, 0.05) is 6.54 Å². The predicted octanol–water partition coefficient (Wildman–Crippen LogP) is 1.80. The van der Waals surface area contributed by atoms with Crippen LogP contribution < -0.4 is 0 Å². The number of likely N-dealkylation sites (tertiary alicyclic amines) is 1. The van der Waals surface area contributed by atoms with Gasteiger partial charge in [-0.25, -0.2) is 0 Å². The second-order valence-electron chi connectivity index (χ2n) is 3.98. The molecule has 0 saturated carbocycles. The highest BCUT2D eigenvalue weighted by Gasteiger charge is 2.23. The Labute approximate surface area is 84.3 Å². The summed E-state index contributed by atoms with van der Waals surface area (Å²) in [5, 5.41) is 9.55. The summed E-state index contributed by atoms with van der Waals surface area (Å²) in [7, 11) is 0. The van der Waals surface area contributed by atoms with Crippen LogP contribution in [0, 0.1) is 0 Å². The van der Waals surface area contributed by atoms with Crippen molar-refractivity contribution >= 4 is 0 Å². The highest BCUT2D eigenvalue weighted by Crippen LogP contribution is 2.24. The smallest absolute Gasteiger partial charge is 0.120 e. The van der Waals surface area contributed by atoms with Crippen LogP contribution in [0.1, 0.15) is 31.6 Å². The Bertz CT molecular complexity index is 271. The van der Waals surface area contributed by atoms with Crippen LogP contribution in [0.2, 0.25) is 0 Å². The van der Waals surface area contributed by atoms with Gasteiger partial charge in [0.05, 0.1) is 18.4 Å². The molecule has 0 spiro atoms. The van der Waals surface area contributed by atoms with Gasteiger partial charge < -0.3 is 9.52 Å². The number of rotatable bonds is 2. The molecule has 0 amide bonds. The summed E-state index contributed by atoms with van der Waals surface area (Å²) < 4.78 is 5.36. The molecule has 3 heteroatoms. The van der Waals surface area contributed by atoms with E-state index < -0.39 is 0 Å². The van der Waals surface area contributed by atoms with Crippen LogP contribution in [0.25, 0.3) is 0 Å². The Hall–Kier alpha value is -0.800. The first-order valence-corrected chi connectivity index (χ1v) is 5.23. The van der Waals surface area contributed by atoms with Crippen molar-refractivity contribution in [1.29, 1.82) is 0 Å². The Kier molecular flexibility index (Phi) is 2.89. The number of nitrogens with zero attached hydrogens (tertiary/aromatic N) is 1. The third-order valence-corrected chi connectivity index (χ3v) is 2.93. The van der Waals surface area contributed by atoms with E-state index in [2.05, 4.69) is 11.8 Å². The zero-order valence-corrected chi connectivity index (χ0v) is 8.52. The van der Waals surface area contributed by atoms with Crippen LogP contribution in [0.4, 0.5) is 0 Å². The molecule has 1 saturated heterocycles. The molecule has 2 rings (SSSR count). The second-order valence-corrected chi connectivity index (χ2v) is 3.98. The number of aliphatic hydroxyl groups excluding tert-OH is 1. The first kappa shape index (κ1) is 9.74. The van der Waals surface area contributed by atoms with Crippen molar-refractivity contribution < 1.29 is 9.52 Å². The molecule has 0 aromatic carbocycles. The number of hydrogen-bond donors (Lipinski definition) is 1. The fourth-order valence-electron chi connectivity index (χ4n) is 2.04. The van der Waals surface area contributed by atoms with E-state index in [1.807, 2.05) is 12.1 Å². The van der Waals surface area contributed by atoms with Gasteiger partial charge in [-0.3, -0.25) is 4.90 Å². The number of aliphatic hydroxyl groups is 1. The Balaban J connectivity index is 2.00. The van der Waals surface area contributed by atoms with Gasteiger partial charge in [-0.2, -0.15) is 0 Å². The molecule has 3 nitrogen and oxygen atoms in total. The molecule has 0 aliphatic carbocycles. The number of piperidine rings is 1. The average molecular weight is 195 g/mol. The molecule has 1 aliphatic heterocycles. The van der Waals surface area contributed by atoms with Gasteiger partial charge in [-0.05, 0) is 38.4 Å². The monoisotopic (exact) mass is 195 g/mol. The number of β-amino-alcohol motifs (C(OH)–C–C–N with tert-alkyl or cyclic N) is 1. The molecule has 78 valence electrons. The predicted molar refractivity (Wildman–Crippen MR) is 53.9 cm³/mol. The average Bonchev–Trinajstić information content (AvgIpc) is 2.69. The van der Waals surface area contributed by atoms with Gasteiger partial charge in [0.2, 0.25) is 0 Å². The third kappa shape index (κ3) is 1.99. The summed E-state index contributed by atoms with van der Waals surface area (Å²) in [6, 6.07) is 4.18.